The molecule has 0 aliphatic heterocycles. The molecule has 5 fully saturated rings. The topological polar surface area (TPSA) is 54.4 Å². The van der Waals surface area contributed by atoms with E-state index in [0.29, 0.717) is 35.9 Å². The van der Waals surface area contributed by atoms with Crippen molar-refractivity contribution in [3.05, 3.63) is 12.2 Å². The molecule has 0 heterocycles. The van der Waals surface area contributed by atoms with Crippen LogP contribution in [0.3, 0.4) is 0 Å². The van der Waals surface area contributed by atoms with Crippen molar-refractivity contribution < 1.29 is 14.7 Å². The van der Waals surface area contributed by atoms with E-state index in [4.69, 9.17) is 0 Å². The molecule has 0 spiro atoms. The highest BCUT2D eigenvalue weighted by atomic mass is 16.4. The highest BCUT2D eigenvalue weighted by Gasteiger charge is 2.75. The van der Waals surface area contributed by atoms with Crippen molar-refractivity contribution in [2.45, 2.75) is 99.3 Å². The number of aliphatic carboxylic acids is 1. The number of rotatable bonds is 2. The molecule has 0 bridgehead atoms. The molecule has 0 amide bonds. The summed E-state index contributed by atoms with van der Waals surface area (Å²) in [4.78, 5) is 25.7. The Balaban J connectivity index is 1.59. The third-order valence-corrected chi connectivity index (χ3v) is 12.8. The Kier molecular flexibility index (Phi) is 4.61. The van der Waals surface area contributed by atoms with Crippen molar-refractivity contribution in [1.82, 2.24) is 0 Å². The van der Waals surface area contributed by atoms with Gasteiger partial charge in [-0.25, -0.2) is 0 Å². The Morgan fingerprint density at radius 1 is 0.938 bits per heavy atom. The maximum atomic E-state index is 12.9. The molecule has 9 atom stereocenters. The smallest absolute Gasteiger partial charge is 0.309 e. The fourth-order valence-electron chi connectivity index (χ4n) is 11.2. The summed E-state index contributed by atoms with van der Waals surface area (Å²) in [5.41, 5.74) is 0.765. The normalized spacial score (nSPS) is 53.7. The van der Waals surface area contributed by atoms with Gasteiger partial charge in [0.05, 0.1) is 5.41 Å². The van der Waals surface area contributed by atoms with Gasteiger partial charge in [0, 0.05) is 11.8 Å². The molecular formula is C29H44O3. The van der Waals surface area contributed by atoms with Crippen molar-refractivity contribution >= 4 is 11.8 Å². The second-order valence-electron chi connectivity index (χ2n) is 14.0. The van der Waals surface area contributed by atoms with Gasteiger partial charge in [-0.05, 0) is 104 Å². The lowest BCUT2D eigenvalue weighted by Crippen LogP contribution is -2.63. The number of carboxylic acid groups (broad SMARTS) is 1. The van der Waals surface area contributed by atoms with Crippen LogP contribution >= 0.6 is 0 Å². The zero-order valence-corrected chi connectivity index (χ0v) is 21.2. The first-order valence-corrected chi connectivity index (χ1v) is 13.2. The zero-order chi connectivity index (χ0) is 23.5. The minimum atomic E-state index is -0.569. The lowest BCUT2D eigenvalue weighted by molar-refractivity contribution is -0.203. The molecule has 0 unspecified atom stereocenters. The predicted octanol–water partition coefficient (Wildman–Crippen LogP) is 6.91. The standard InChI is InChI=1S/C29H44O3/c1-17(2)18-10-15-29(24(31)32)16-28(7)19(23(18)29)8-9-21-26(5)13-12-22(30)25(3,4)20(26)11-14-27(21,28)6/h18-21,23H,1,8-16H2,2-7H3,(H,31,32)/t18-,19+,20-,21+,23+,26-,27+,28+,29-/m0/s1. The first kappa shape index (κ1) is 22.7. The number of hydrogen-bond donors (Lipinski definition) is 1. The SMILES string of the molecule is C=C(C)[C@@H]1CC[C@]2(C(=O)O)C[C@]3(C)[C@H](CC[C@@H]4[C@@]5(C)CCC(=O)C(C)(C)[C@@H]5CC[C@]43C)[C@@H]12. The Morgan fingerprint density at radius 2 is 1.62 bits per heavy atom. The number of allylic oxidation sites excluding steroid dienone is 1. The molecule has 5 aliphatic rings. The number of Topliss-reactive ketones (excluding diaryl/α,β-unsaturated/α-hetero) is 1. The summed E-state index contributed by atoms with van der Waals surface area (Å²) >= 11 is 0. The summed E-state index contributed by atoms with van der Waals surface area (Å²) in [5, 5.41) is 10.6. The Hall–Kier alpha value is -1.12. The van der Waals surface area contributed by atoms with E-state index in [0.717, 1.165) is 44.9 Å². The van der Waals surface area contributed by atoms with E-state index in [2.05, 4.69) is 48.1 Å². The number of fused-ring (bicyclic) bond motifs is 7. The zero-order valence-electron chi connectivity index (χ0n) is 21.2. The van der Waals surface area contributed by atoms with Gasteiger partial charge in [-0.15, -0.1) is 0 Å². The van der Waals surface area contributed by atoms with E-state index in [1.54, 1.807) is 0 Å². The van der Waals surface area contributed by atoms with Gasteiger partial charge in [-0.3, -0.25) is 9.59 Å². The molecule has 3 nitrogen and oxygen atoms in total. The minimum Gasteiger partial charge on any atom is -0.481 e. The molecule has 1 N–H and O–H groups in total. The molecule has 3 heteroatoms. The lowest BCUT2D eigenvalue weighted by Gasteiger charge is -2.69. The largest absolute Gasteiger partial charge is 0.481 e. The van der Waals surface area contributed by atoms with E-state index < -0.39 is 11.4 Å². The average molecular weight is 441 g/mol. The van der Waals surface area contributed by atoms with Gasteiger partial charge in [-0.1, -0.05) is 46.8 Å². The Labute approximate surface area is 194 Å². The average Bonchev–Trinajstić information content (AvgIpc) is 3.19. The van der Waals surface area contributed by atoms with Crippen molar-refractivity contribution in [1.29, 1.82) is 0 Å². The molecule has 0 radical (unpaired) electrons. The van der Waals surface area contributed by atoms with E-state index in [9.17, 15) is 14.7 Å². The molecule has 0 aromatic carbocycles. The summed E-state index contributed by atoms with van der Waals surface area (Å²) < 4.78 is 0. The molecular weight excluding hydrogens is 396 g/mol. The van der Waals surface area contributed by atoms with Gasteiger partial charge in [0.2, 0.25) is 0 Å². The third-order valence-electron chi connectivity index (χ3n) is 12.8. The molecule has 0 saturated heterocycles. The summed E-state index contributed by atoms with van der Waals surface area (Å²) in [5.74, 6) is 2.01. The van der Waals surface area contributed by atoms with Crippen LogP contribution in [0, 0.1) is 56.7 Å². The van der Waals surface area contributed by atoms with Gasteiger partial charge in [0.15, 0.2) is 0 Å². The first-order chi connectivity index (χ1) is 14.8. The van der Waals surface area contributed by atoms with Gasteiger partial charge >= 0.3 is 5.97 Å². The minimum absolute atomic E-state index is 0.0483. The van der Waals surface area contributed by atoms with Crippen LogP contribution in [0.25, 0.3) is 0 Å². The molecule has 5 rings (SSSR count). The van der Waals surface area contributed by atoms with Crippen LogP contribution in [0.4, 0.5) is 0 Å². The van der Waals surface area contributed by atoms with Crippen LogP contribution in [0.5, 0.6) is 0 Å². The predicted molar refractivity (Wildman–Crippen MR) is 127 cm³/mol. The highest BCUT2D eigenvalue weighted by molar-refractivity contribution is 5.85. The first-order valence-electron chi connectivity index (χ1n) is 13.2. The number of carbonyl (C=O) groups excluding carboxylic acids is 1. The highest BCUT2D eigenvalue weighted by Crippen LogP contribution is 2.79. The van der Waals surface area contributed by atoms with Crippen molar-refractivity contribution in [3.8, 4) is 0 Å². The van der Waals surface area contributed by atoms with Crippen molar-refractivity contribution in [2.75, 3.05) is 0 Å². The lowest BCUT2D eigenvalue weighted by atomic mass is 9.35. The van der Waals surface area contributed by atoms with Crippen LogP contribution in [0.2, 0.25) is 0 Å². The Morgan fingerprint density at radius 3 is 2.25 bits per heavy atom. The van der Waals surface area contributed by atoms with Crippen LogP contribution in [0.1, 0.15) is 99.3 Å². The summed E-state index contributed by atoms with van der Waals surface area (Å²) in [6.45, 7) is 18.3. The number of carboxylic acids is 1. The molecule has 5 aliphatic carbocycles. The van der Waals surface area contributed by atoms with Gasteiger partial charge in [-0.2, -0.15) is 0 Å². The van der Waals surface area contributed by atoms with E-state index >= 15 is 0 Å². The van der Waals surface area contributed by atoms with Crippen molar-refractivity contribution in [3.63, 3.8) is 0 Å². The maximum absolute atomic E-state index is 12.9. The number of hydrogen-bond acceptors (Lipinski definition) is 2. The van der Waals surface area contributed by atoms with Crippen LogP contribution in [-0.4, -0.2) is 16.9 Å². The monoisotopic (exact) mass is 440 g/mol. The van der Waals surface area contributed by atoms with E-state index in [1.165, 1.54) is 12.0 Å². The second kappa shape index (κ2) is 6.51. The summed E-state index contributed by atoms with van der Waals surface area (Å²) in [6, 6.07) is 0. The molecule has 0 aromatic rings. The van der Waals surface area contributed by atoms with Crippen molar-refractivity contribution in [2.24, 2.45) is 56.7 Å². The summed E-state index contributed by atoms with van der Waals surface area (Å²) in [7, 11) is 0. The van der Waals surface area contributed by atoms with E-state index in [-0.39, 0.29) is 27.6 Å². The van der Waals surface area contributed by atoms with Crippen LogP contribution in [0.15, 0.2) is 12.2 Å². The fraction of sp³-hybridized carbons (Fsp3) is 0.862. The second-order valence-corrected chi connectivity index (χ2v) is 14.0. The van der Waals surface area contributed by atoms with Gasteiger partial charge in [0.25, 0.3) is 0 Å². The van der Waals surface area contributed by atoms with Crippen LogP contribution < -0.4 is 0 Å². The molecule has 0 aromatic heterocycles. The summed E-state index contributed by atoms with van der Waals surface area (Å²) in [6.07, 6.45) is 8.98. The van der Waals surface area contributed by atoms with Crippen LogP contribution in [-0.2, 0) is 9.59 Å². The fourth-order valence-corrected chi connectivity index (χ4v) is 11.2. The van der Waals surface area contributed by atoms with Gasteiger partial charge in [0.1, 0.15) is 5.78 Å². The van der Waals surface area contributed by atoms with E-state index in [1.807, 2.05) is 0 Å². The number of ketones is 1. The number of carbonyl (C=O) groups is 2. The quantitative estimate of drug-likeness (QED) is 0.475. The third kappa shape index (κ3) is 2.39. The molecule has 5 saturated carbocycles. The van der Waals surface area contributed by atoms with Gasteiger partial charge < -0.3 is 5.11 Å². The molecule has 178 valence electrons. The Bertz CT molecular complexity index is 887. The molecule has 32 heavy (non-hydrogen) atoms. The maximum Gasteiger partial charge on any atom is 0.309 e.